The number of furan rings is 1. The van der Waals surface area contributed by atoms with E-state index in [0.29, 0.717) is 34.3 Å². The van der Waals surface area contributed by atoms with Gasteiger partial charge in [-0.3, -0.25) is 9.59 Å². The van der Waals surface area contributed by atoms with Gasteiger partial charge in [0.1, 0.15) is 23.9 Å². The van der Waals surface area contributed by atoms with Crippen molar-refractivity contribution in [3.8, 4) is 17.1 Å². The first kappa shape index (κ1) is 20.6. The average Bonchev–Trinajstić information content (AvgIpc) is 3.22. The number of halogens is 1. The number of carbonyl (C=O) groups is 1. The number of aryl methyl sites for hydroxylation is 1. The molecular formula is C23H18BrN3O4. The predicted octanol–water partition coefficient (Wildman–Crippen LogP) is 4.93. The van der Waals surface area contributed by atoms with Crippen molar-refractivity contribution >= 4 is 27.5 Å². The van der Waals surface area contributed by atoms with Crippen LogP contribution in [0.3, 0.4) is 0 Å². The largest absolute Gasteiger partial charge is 0.486 e. The number of ether oxygens (including phenoxy) is 1. The van der Waals surface area contributed by atoms with Crippen LogP contribution < -0.4 is 15.6 Å². The molecule has 4 aromatic rings. The molecule has 31 heavy (non-hydrogen) atoms. The van der Waals surface area contributed by atoms with Gasteiger partial charge in [0.15, 0.2) is 5.76 Å². The molecule has 0 saturated heterocycles. The summed E-state index contributed by atoms with van der Waals surface area (Å²) in [7, 11) is 0. The minimum Gasteiger partial charge on any atom is -0.486 e. The standard InChI is InChI=1S/C23H18BrN3O4/c1-14-11-21(28)27-22(25-14)15-3-2-4-17(12-15)26-23(29)20-10-9-19(31-20)13-30-18-7-5-16(24)6-8-18/h2-12H,13H2,1H3,(H,26,29)(H,25,27,28). The highest BCUT2D eigenvalue weighted by atomic mass is 79.9. The molecule has 0 saturated carbocycles. The van der Waals surface area contributed by atoms with Crippen LogP contribution >= 0.6 is 15.9 Å². The number of hydrogen-bond donors (Lipinski definition) is 2. The molecule has 8 heteroatoms. The monoisotopic (exact) mass is 479 g/mol. The van der Waals surface area contributed by atoms with E-state index in [9.17, 15) is 9.59 Å². The molecule has 4 rings (SSSR count). The third kappa shape index (κ3) is 5.29. The van der Waals surface area contributed by atoms with Crippen molar-refractivity contribution < 1.29 is 13.9 Å². The van der Waals surface area contributed by atoms with E-state index in [1.54, 1.807) is 43.3 Å². The summed E-state index contributed by atoms with van der Waals surface area (Å²) in [6.45, 7) is 1.95. The molecule has 0 spiro atoms. The van der Waals surface area contributed by atoms with E-state index >= 15 is 0 Å². The lowest BCUT2D eigenvalue weighted by molar-refractivity contribution is 0.0992. The number of amides is 1. The Balaban J connectivity index is 1.43. The molecular weight excluding hydrogens is 462 g/mol. The first-order valence-electron chi connectivity index (χ1n) is 9.43. The number of carbonyl (C=O) groups excluding carboxylic acids is 1. The predicted molar refractivity (Wildman–Crippen MR) is 120 cm³/mol. The Labute approximate surface area is 186 Å². The van der Waals surface area contributed by atoms with Gasteiger partial charge in [-0.25, -0.2) is 4.98 Å². The minimum absolute atomic E-state index is 0.168. The molecule has 156 valence electrons. The number of hydrogen-bond acceptors (Lipinski definition) is 5. The quantitative estimate of drug-likeness (QED) is 0.408. The van der Waals surface area contributed by atoms with Crippen molar-refractivity contribution in [2.75, 3.05) is 5.32 Å². The molecule has 0 bridgehead atoms. The van der Waals surface area contributed by atoms with Crippen LogP contribution in [0.5, 0.6) is 5.75 Å². The van der Waals surface area contributed by atoms with Gasteiger partial charge in [-0.15, -0.1) is 0 Å². The molecule has 0 atom stereocenters. The molecule has 7 nitrogen and oxygen atoms in total. The highest BCUT2D eigenvalue weighted by Crippen LogP contribution is 2.21. The number of benzene rings is 2. The summed E-state index contributed by atoms with van der Waals surface area (Å²) in [4.78, 5) is 31.3. The summed E-state index contributed by atoms with van der Waals surface area (Å²) < 4.78 is 12.2. The molecule has 0 aliphatic carbocycles. The average molecular weight is 480 g/mol. The van der Waals surface area contributed by atoms with Gasteiger partial charge in [-0.05, 0) is 55.5 Å². The van der Waals surface area contributed by atoms with Crippen LogP contribution in [0.25, 0.3) is 11.4 Å². The molecule has 0 fully saturated rings. The third-order valence-corrected chi connectivity index (χ3v) is 4.87. The van der Waals surface area contributed by atoms with Crippen molar-refractivity contribution in [2.45, 2.75) is 13.5 Å². The summed E-state index contributed by atoms with van der Waals surface area (Å²) in [5.74, 6) is 1.44. The second kappa shape index (κ2) is 9.01. The summed E-state index contributed by atoms with van der Waals surface area (Å²) in [5.41, 5.74) is 1.62. The zero-order valence-corrected chi connectivity index (χ0v) is 18.1. The van der Waals surface area contributed by atoms with E-state index in [-0.39, 0.29) is 17.9 Å². The van der Waals surface area contributed by atoms with Crippen LogP contribution in [0.1, 0.15) is 22.0 Å². The number of aromatic nitrogens is 2. The fourth-order valence-corrected chi connectivity index (χ4v) is 3.18. The first-order valence-corrected chi connectivity index (χ1v) is 10.2. The number of anilines is 1. The van der Waals surface area contributed by atoms with Gasteiger partial charge in [0.25, 0.3) is 11.5 Å². The summed E-state index contributed by atoms with van der Waals surface area (Å²) in [5, 5.41) is 2.79. The van der Waals surface area contributed by atoms with Crippen molar-refractivity contribution in [3.63, 3.8) is 0 Å². The molecule has 0 aliphatic rings. The maximum Gasteiger partial charge on any atom is 0.291 e. The number of nitrogens with zero attached hydrogens (tertiary/aromatic N) is 1. The van der Waals surface area contributed by atoms with E-state index in [4.69, 9.17) is 9.15 Å². The van der Waals surface area contributed by atoms with E-state index in [2.05, 4.69) is 31.2 Å². The zero-order valence-electron chi connectivity index (χ0n) is 16.5. The van der Waals surface area contributed by atoms with Crippen molar-refractivity contribution in [2.24, 2.45) is 0 Å². The lowest BCUT2D eigenvalue weighted by Gasteiger charge is -2.07. The van der Waals surface area contributed by atoms with Crippen LogP contribution in [0, 0.1) is 6.92 Å². The Morgan fingerprint density at radius 1 is 1.13 bits per heavy atom. The molecule has 0 radical (unpaired) electrons. The van der Waals surface area contributed by atoms with E-state index in [0.717, 1.165) is 4.47 Å². The Hall–Kier alpha value is -3.65. The maximum absolute atomic E-state index is 12.6. The Kier molecular flexibility index (Phi) is 5.99. The van der Waals surface area contributed by atoms with Gasteiger partial charge in [0.2, 0.25) is 0 Å². The number of aromatic amines is 1. The molecule has 1 amide bonds. The second-order valence-electron chi connectivity index (χ2n) is 6.78. The van der Waals surface area contributed by atoms with Crippen LogP contribution in [-0.4, -0.2) is 15.9 Å². The van der Waals surface area contributed by atoms with Gasteiger partial charge < -0.3 is 19.5 Å². The Morgan fingerprint density at radius 2 is 1.94 bits per heavy atom. The van der Waals surface area contributed by atoms with Gasteiger partial charge in [-0.1, -0.05) is 28.1 Å². The van der Waals surface area contributed by atoms with E-state index < -0.39 is 5.91 Å². The molecule has 2 aromatic heterocycles. The molecule has 0 aliphatic heterocycles. The molecule has 2 N–H and O–H groups in total. The SMILES string of the molecule is Cc1cc(=O)[nH]c(-c2cccc(NC(=O)c3ccc(COc4ccc(Br)cc4)o3)c2)n1. The maximum atomic E-state index is 12.6. The van der Waals surface area contributed by atoms with Crippen LogP contribution in [0.4, 0.5) is 5.69 Å². The van der Waals surface area contributed by atoms with Gasteiger partial charge in [0.05, 0.1) is 0 Å². The minimum atomic E-state index is -0.391. The number of rotatable bonds is 6. The molecule has 2 heterocycles. The van der Waals surface area contributed by atoms with Crippen LogP contribution in [0.2, 0.25) is 0 Å². The van der Waals surface area contributed by atoms with Gasteiger partial charge in [0, 0.05) is 27.5 Å². The third-order valence-electron chi connectivity index (χ3n) is 4.34. The molecule has 0 unspecified atom stereocenters. The smallest absolute Gasteiger partial charge is 0.291 e. The van der Waals surface area contributed by atoms with Crippen molar-refractivity contribution in [1.29, 1.82) is 0 Å². The van der Waals surface area contributed by atoms with E-state index in [1.165, 1.54) is 6.07 Å². The van der Waals surface area contributed by atoms with Crippen molar-refractivity contribution in [3.05, 3.63) is 98.8 Å². The normalized spacial score (nSPS) is 10.6. The summed E-state index contributed by atoms with van der Waals surface area (Å²) >= 11 is 3.37. The Morgan fingerprint density at radius 3 is 2.71 bits per heavy atom. The lowest BCUT2D eigenvalue weighted by atomic mass is 10.2. The fourth-order valence-electron chi connectivity index (χ4n) is 2.92. The lowest BCUT2D eigenvalue weighted by Crippen LogP contribution is -2.11. The highest BCUT2D eigenvalue weighted by Gasteiger charge is 2.13. The second-order valence-corrected chi connectivity index (χ2v) is 7.69. The highest BCUT2D eigenvalue weighted by molar-refractivity contribution is 9.10. The number of H-pyrrole nitrogens is 1. The first-order chi connectivity index (χ1) is 15.0. The number of nitrogens with one attached hydrogen (secondary N) is 2. The van der Waals surface area contributed by atoms with Gasteiger partial charge >= 0.3 is 0 Å². The summed E-state index contributed by atoms with van der Waals surface area (Å²) in [6, 6.07) is 19.2. The fraction of sp³-hybridized carbons (Fsp3) is 0.0870. The Bertz CT molecular complexity index is 1280. The topological polar surface area (TPSA) is 97.2 Å². The molecule has 2 aromatic carbocycles. The van der Waals surface area contributed by atoms with Crippen molar-refractivity contribution in [1.82, 2.24) is 9.97 Å². The van der Waals surface area contributed by atoms with Gasteiger partial charge in [-0.2, -0.15) is 0 Å². The van der Waals surface area contributed by atoms with Crippen LogP contribution in [0.15, 0.2) is 80.4 Å². The van der Waals surface area contributed by atoms with Crippen LogP contribution in [-0.2, 0) is 6.61 Å². The van der Waals surface area contributed by atoms with E-state index in [1.807, 2.05) is 24.3 Å². The summed E-state index contributed by atoms with van der Waals surface area (Å²) in [6.07, 6.45) is 0. The zero-order chi connectivity index (χ0) is 21.8.